The summed E-state index contributed by atoms with van der Waals surface area (Å²) in [7, 11) is 0. The number of H-pyrrole nitrogens is 1. The van der Waals surface area contributed by atoms with E-state index in [4.69, 9.17) is 12.2 Å². The number of nitrogens with one attached hydrogen (secondary N) is 1. The number of fused-ring (bicyclic) bond motifs is 1. The summed E-state index contributed by atoms with van der Waals surface area (Å²) in [6, 6.07) is 4.05. The molecule has 0 spiro atoms. The molecular weight excluding hydrogens is 270 g/mol. The first-order valence-corrected chi connectivity index (χ1v) is 7.16. The van der Waals surface area contributed by atoms with Gasteiger partial charge in [0.1, 0.15) is 5.52 Å². The van der Waals surface area contributed by atoms with Crippen molar-refractivity contribution in [2.45, 2.75) is 33.4 Å². The Labute approximate surface area is 122 Å². The zero-order chi connectivity index (χ0) is 14.1. The van der Waals surface area contributed by atoms with E-state index in [-0.39, 0.29) is 0 Å². The lowest BCUT2D eigenvalue weighted by Crippen LogP contribution is -2.07. The molecular formula is C14H17N5S. The van der Waals surface area contributed by atoms with Crippen LogP contribution >= 0.6 is 12.2 Å². The lowest BCUT2D eigenvalue weighted by atomic mass is 10.2. The number of aryl methyl sites for hydroxylation is 4. The average Bonchev–Trinajstić information content (AvgIpc) is 2.95. The van der Waals surface area contributed by atoms with Gasteiger partial charge in [-0.05, 0) is 44.1 Å². The van der Waals surface area contributed by atoms with Crippen molar-refractivity contribution in [2.75, 3.05) is 0 Å². The molecule has 0 aromatic carbocycles. The number of hydrogen-bond donors (Lipinski definition) is 1. The molecule has 3 aromatic rings. The van der Waals surface area contributed by atoms with E-state index in [1.165, 1.54) is 5.56 Å². The number of nitrogens with zero attached hydrogens (tertiary/aromatic N) is 4. The van der Waals surface area contributed by atoms with Crippen LogP contribution in [0, 0.1) is 11.7 Å². The van der Waals surface area contributed by atoms with Gasteiger partial charge in [-0.15, -0.1) is 0 Å². The van der Waals surface area contributed by atoms with Gasteiger partial charge in [0.2, 0.25) is 0 Å². The summed E-state index contributed by atoms with van der Waals surface area (Å²) in [6.45, 7) is 5.76. The van der Waals surface area contributed by atoms with Crippen LogP contribution in [0.15, 0.2) is 24.5 Å². The van der Waals surface area contributed by atoms with E-state index in [0.29, 0.717) is 0 Å². The van der Waals surface area contributed by atoms with Gasteiger partial charge in [-0.25, -0.2) is 4.68 Å². The van der Waals surface area contributed by atoms with Gasteiger partial charge < -0.3 is 9.55 Å². The third-order valence-corrected chi connectivity index (χ3v) is 3.80. The maximum Gasteiger partial charge on any atom is 0.179 e. The predicted octanol–water partition coefficient (Wildman–Crippen LogP) is 2.86. The maximum absolute atomic E-state index is 5.44. The molecule has 0 amide bonds. The highest BCUT2D eigenvalue weighted by atomic mass is 32.1. The third-order valence-electron chi connectivity index (χ3n) is 3.48. The molecule has 20 heavy (non-hydrogen) atoms. The number of rotatable bonds is 4. The van der Waals surface area contributed by atoms with E-state index < -0.39 is 0 Å². The lowest BCUT2D eigenvalue weighted by Gasteiger charge is -2.06. The molecule has 6 heteroatoms. The quantitative estimate of drug-likeness (QED) is 0.751. The fraction of sp³-hybridized carbons (Fsp3) is 0.357. The van der Waals surface area contributed by atoms with Crippen molar-refractivity contribution >= 4 is 23.4 Å². The molecule has 0 aliphatic carbocycles. The maximum atomic E-state index is 5.44. The molecule has 0 atom stereocenters. The zero-order valence-corrected chi connectivity index (χ0v) is 12.4. The van der Waals surface area contributed by atoms with Gasteiger partial charge in [0.25, 0.3) is 0 Å². The summed E-state index contributed by atoms with van der Waals surface area (Å²) >= 11 is 5.44. The Balaban J connectivity index is 1.99. The smallest absolute Gasteiger partial charge is 0.179 e. The van der Waals surface area contributed by atoms with Crippen LogP contribution in [-0.2, 0) is 19.5 Å². The fourth-order valence-electron chi connectivity index (χ4n) is 2.48. The summed E-state index contributed by atoms with van der Waals surface area (Å²) in [5.41, 5.74) is 4.33. The van der Waals surface area contributed by atoms with Gasteiger partial charge in [-0.2, -0.15) is 5.10 Å². The van der Waals surface area contributed by atoms with Crippen molar-refractivity contribution in [2.24, 2.45) is 0 Å². The van der Waals surface area contributed by atoms with Crippen LogP contribution in [0.1, 0.15) is 18.2 Å². The fourth-order valence-corrected chi connectivity index (χ4v) is 2.76. The highest BCUT2D eigenvalue weighted by Gasteiger charge is 2.13. The van der Waals surface area contributed by atoms with Crippen molar-refractivity contribution in [1.82, 2.24) is 24.3 Å². The summed E-state index contributed by atoms with van der Waals surface area (Å²) in [6.07, 6.45) is 4.60. The first-order valence-electron chi connectivity index (χ1n) is 6.75. The molecule has 0 radical (unpaired) electrons. The monoisotopic (exact) mass is 287 g/mol. The molecule has 3 aromatic heterocycles. The molecule has 0 bridgehead atoms. The Bertz CT molecular complexity index is 781. The van der Waals surface area contributed by atoms with Crippen LogP contribution in [-0.4, -0.2) is 24.3 Å². The number of pyridine rings is 1. The highest BCUT2D eigenvalue weighted by Crippen LogP contribution is 2.18. The van der Waals surface area contributed by atoms with Gasteiger partial charge in [-0.1, -0.05) is 6.07 Å². The number of aromatic nitrogens is 5. The zero-order valence-electron chi connectivity index (χ0n) is 11.6. The van der Waals surface area contributed by atoms with Gasteiger partial charge in [0.05, 0.1) is 5.69 Å². The van der Waals surface area contributed by atoms with E-state index in [1.807, 2.05) is 23.9 Å². The van der Waals surface area contributed by atoms with Crippen molar-refractivity contribution in [3.05, 3.63) is 40.6 Å². The van der Waals surface area contributed by atoms with E-state index >= 15 is 0 Å². The van der Waals surface area contributed by atoms with E-state index in [2.05, 4.69) is 32.6 Å². The van der Waals surface area contributed by atoms with E-state index in [9.17, 15) is 0 Å². The van der Waals surface area contributed by atoms with Crippen LogP contribution < -0.4 is 0 Å². The van der Waals surface area contributed by atoms with Crippen LogP contribution in [0.5, 0.6) is 0 Å². The highest BCUT2D eigenvalue weighted by molar-refractivity contribution is 7.71. The molecule has 3 rings (SSSR count). The van der Waals surface area contributed by atoms with E-state index in [1.54, 1.807) is 6.20 Å². The normalized spacial score (nSPS) is 11.3. The molecule has 3 heterocycles. The summed E-state index contributed by atoms with van der Waals surface area (Å²) in [5.74, 6) is 0. The minimum Gasteiger partial charge on any atom is -0.328 e. The predicted molar refractivity (Wildman–Crippen MR) is 81.3 cm³/mol. The Morgan fingerprint density at radius 2 is 2.25 bits per heavy atom. The molecule has 0 unspecified atom stereocenters. The first-order chi connectivity index (χ1) is 9.70. The average molecular weight is 287 g/mol. The lowest BCUT2D eigenvalue weighted by molar-refractivity contribution is 0.623. The standard InChI is InChI=1S/C14H17N5S/c1-3-19-13-12(10(2)17-19)16-14(20)18(13)8-6-11-5-4-7-15-9-11/h4-5,7,9H,3,6,8H2,1-2H3,(H,16,20). The van der Waals surface area contributed by atoms with Crippen molar-refractivity contribution in [3.8, 4) is 0 Å². The molecule has 104 valence electrons. The van der Waals surface area contributed by atoms with Gasteiger partial charge in [0.15, 0.2) is 10.4 Å². The summed E-state index contributed by atoms with van der Waals surface area (Å²) in [4.78, 5) is 7.41. The first kappa shape index (κ1) is 13.1. The van der Waals surface area contributed by atoms with Crippen molar-refractivity contribution in [1.29, 1.82) is 0 Å². The van der Waals surface area contributed by atoms with Crippen LogP contribution in [0.25, 0.3) is 11.2 Å². The minimum atomic E-state index is 0.756. The van der Waals surface area contributed by atoms with Crippen molar-refractivity contribution < 1.29 is 0 Å². The Kier molecular flexibility index (Phi) is 3.40. The molecule has 0 aliphatic heterocycles. The van der Waals surface area contributed by atoms with E-state index in [0.717, 1.165) is 41.1 Å². The second-order valence-electron chi connectivity index (χ2n) is 4.79. The summed E-state index contributed by atoms with van der Waals surface area (Å²) < 4.78 is 4.88. The van der Waals surface area contributed by atoms with Crippen LogP contribution in [0.2, 0.25) is 0 Å². The minimum absolute atomic E-state index is 0.756. The second kappa shape index (κ2) is 5.20. The molecule has 1 N–H and O–H groups in total. The summed E-state index contributed by atoms with van der Waals surface area (Å²) in [5, 5.41) is 4.53. The molecule has 0 saturated carbocycles. The Hall–Kier alpha value is -1.95. The van der Waals surface area contributed by atoms with Gasteiger partial charge in [0, 0.05) is 25.5 Å². The van der Waals surface area contributed by atoms with Crippen LogP contribution in [0.3, 0.4) is 0 Å². The third kappa shape index (κ3) is 2.16. The molecule has 0 fully saturated rings. The SMILES string of the molecule is CCn1nc(C)c2[nH]c(=S)n(CCc3cccnc3)c21. The molecule has 5 nitrogen and oxygen atoms in total. The number of aromatic amines is 1. The largest absolute Gasteiger partial charge is 0.328 e. The molecule has 0 aliphatic rings. The van der Waals surface area contributed by atoms with Gasteiger partial charge in [-0.3, -0.25) is 4.98 Å². The number of hydrogen-bond acceptors (Lipinski definition) is 3. The number of imidazole rings is 1. The Morgan fingerprint density at radius 1 is 1.40 bits per heavy atom. The van der Waals surface area contributed by atoms with Gasteiger partial charge >= 0.3 is 0 Å². The Morgan fingerprint density at radius 3 is 2.95 bits per heavy atom. The van der Waals surface area contributed by atoms with Crippen LogP contribution in [0.4, 0.5) is 0 Å². The second-order valence-corrected chi connectivity index (χ2v) is 5.18. The van der Waals surface area contributed by atoms with Crippen molar-refractivity contribution in [3.63, 3.8) is 0 Å². The topological polar surface area (TPSA) is 51.4 Å². The molecule has 0 saturated heterocycles.